The molecular weight excluding hydrogens is 559 g/mol. The van der Waals surface area contributed by atoms with Crippen LogP contribution in [0.3, 0.4) is 0 Å². The predicted octanol–water partition coefficient (Wildman–Crippen LogP) is 5.72. The van der Waals surface area contributed by atoms with Gasteiger partial charge < -0.3 is 23.8 Å². The molecule has 0 aliphatic carbocycles. The molecule has 222 valence electrons. The van der Waals surface area contributed by atoms with Gasteiger partial charge in [-0.1, -0.05) is 0 Å². The Morgan fingerprint density at radius 2 is 1.51 bits per heavy atom. The molecule has 0 spiro atoms. The van der Waals surface area contributed by atoms with Gasteiger partial charge in [0.2, 0.25) is 0 Å². The lowest BCUT2D eigenvalue weighted by Crippen LogP contribution is -2.44. The third-order valence-corrected chi connectivity index (χ3v) is 6.82. The highest BCUT2D eigenvalue weighted by Crippen LogP contribution is 2.39. The van der Waals surface area contributed by atoms with Crippen LogP contribution in [0.15, 0.2) is 42.5 Å². The molecule has 0 bridgehead atoms. The van der Waals surface area contributed by atoms with E-state index in [4.69, 9.17) is 36.4 Å². The quantitative estimate of drug-likeness (QED) is 0.192. The van der Waals surface area contributed by atoms with Crippen LogP contribution in [-0.2, 0) is 25.2 Å². The molecule has 1 heterocycles. The highest BCUT2D eigenvalue weighted by atomic mass is 32.1. The van der Waals surface area contributed by atoms with Crippen LogP contribution in [0.25, 0.3) is 0 Å². The first-order chi connectivity index (χ1) is 19.5. The Labute approximate surface area is 243 Å². The molecule has 41 heavy (non-hydrogen) atoms. The number of nitriles is 1. The van der Waals surface area contributed by atoms with E-state index in [0.29, 0.717) is 44.5 Å². The molecule has 2 aromatic carbocycles. The number of benzene rings is 2. The maximum absolute atomic E-state index is 13.5. The van der Waals surface area contributed by atoms with E-state index < -0.39 is 28.7 Å². The Hall–Kier alpha value is -3.24. The summed E-state index contributed by atoms with van der Waals surface area (Å²) in [5.74, 6) is 0.0885. The zero-order valence-corrected chi connectivity index (χ0v) is 24.1. The van der Waals surface area contributed by atoms with E-state index in [9.17, 15) is 18.0 Å². The summed E-state index contributed by atoms with van der Waals surface area (Å²) in [5.41, 5.74) is -2.33. The summed E-state index contributed by atoms with van der Waals surface area (Å²) >= 11 is 5.57. The second-order valence-corrected chi connectivity index (χ2v) is 10.1. The second kappa shape index (κ2) is 14.6. The summed E-state index contributed by atoms with van der Waals surface area (Å²) in [5, 5.41) is 9.12. The van der Waals surface area contributed by atoms with E-state index in [2.05, 4.69) is 0 Å². The number of unbranched alkanes of at least 4 members (excludes halogenated alkanes) is 2. The minimum atomic E-state index is -4.76. The van der Waals surface area contributed by atoms with Crippen LogP contribution >= 0.6 is 12.2 Å². The molecule has 0 aromatic heterocycles. The summed E-state index contributed by atoms with van der Waals surface area (Å²) in [6.45, 7) is 6.44. The van der Waals surface area contributed by atoms with Crippen LogP contribution in [0, 0.1) is 11.3 Å². The molecule has 1 aliphatic heterocycles. The fourth-order valence-electron chi connectivity index (χ4n) is 4.32. The van der Waals surface area contributed by atoms with Crippen LogP contribution in [0.4, 0.5) is 24.5 Å². The number of carbonyl (C=O) groups excluding carboxylic acids is 1. The lowest BCUT2D eigenvalue weighted by molar-refractivity contribution is -0.137. The Morgan fingerprint density at radius 1 is 0.902 bits per heavy atom. The van der Waals surface area contributed by atoms with Crippen molar-refractivity contribution in [2.45, 2.75) is 44.8 Å². The fraction of sp³-hybridized carbons (Fsp3) is 0.483. The van der Waals surface area contributed by atoms with E-state index in [1.54, 1.807) is 56.2 Å². The molecule has 12 heteroatoms. The standard InChI is InChI=1S/C29H34F3N3O5S/c1-28(2)26(36)34(23-8-7-21(20-33)25(19-23)29(30,31)32)27(41)35(28)22-9-11-24(12-10-22)40-18-17-39-16-15-38-14-6-4-5-13-37-3/h7-12,19H,4-6,13-18H2,1-3H3. The van der Waals surface area contributed by atoms with Crippen LogP contribution in [-0.4, -0.2) is 63.3 Å². The predicted molar refractivity (Wildman–Crippen MR) is 152 cm³/mol. The number of halogens is 3. The van der Waals surface area contributed by atoms with Gasteiger partial charge in [0, 0.05) is 26.0 Å². The number of nitrogens with zero attached hydrogens (tertiary/aromatic N) is 3. The largest absolute Gasteiger partial charge is 0.491 e. The van der Waals surface area contributed by atoms with Gasteiger partial charge >= 0.3 is 6.18 Å². The number of anilines is 2. The normalized spacial score (nSPS) is 15.0. The number of hydrogen-bond acceptors (Lipinski definition) is 7. The first-order valence-electron chi connectivity index (χ1n) is 13.2. The van der Waals surface area contributed by atoms with E-state index >= 15 is 0 Å². The summed E-state index contributed by atoms with van der Waals surface area (Å²) in [6, 6.07) is 11.5. The van der Waals surface area contributed by atoms with Gasteiger partial charge in [0.05, 0.1) is 42.7 Å². The van der Waals surface area contributed by atoms with Crippen LogP contribution in [0.5, 0.6) is 5.75 Å². The summed E-state index contributed by atoms with van der Waals surface area (Å²) in [4.78, 5) is 16.0. The average molecular weight is 594 g/mol. The Bertz CT molecular complexity index is 1230. The van der Waals surface area contributed by atoms with Gasteiger partial charge in [0.1, 0.15) is 17.9 Å². The lowest BCUT2D eigenvalue weighted by Gasteiger charge is -2.29. The van der Waals surface area contributed by atoms with Crippen molar-refractivity contribution in [1.82, 2.24) is 0 Å². The monoisotopic (exact) mass is 593 g/mol. The van der Waals surface area contributed by atoms with Crippen molar-refractivity contribution in [2.24, 2.45) is 0 Å². The van der Waals surface area contributed by atoms with E-state index in [1.165, 1.54) is 6.07 Å². The number of thiocarbonyl (C=S) groups is 1. The van der Waals surface area contributed by atoms with Crippen LogP contribution in [0.2, 0.25) is 0 Å². The van der Waals surface area contributed by atoms with Crippen molar-refractivity contribution in [3.63, 3.8) is 0 Å². The average Bonchev–Trinajstić information content (AvgIpc) is 3.11. The molecule has 1 aliphatic rings. The molecule has 2 aromatic rings. The summed E-state index contributed by atoms with van der Waals surface area (Å²) < 4.78 is 62.4. The third-order valence-electron chi connectivity index (χ3n) is 6.46. The zero-order valence-electron chi connectivity index (χ0n) is 23.3. The first kappa shape index (κ1) is 32.3. The smallest absolute Gasteiger partial charge is 0.417 e. The van der Waals surface area contributed by atoms with Gasteiger partial charge in [-0.05, 0) is 87.8 Å². The van der Waals surface area contributed by atoms with Crippen LogP contribution in [0.1, 0.15) is 44.2 Å². The van der Waals surface area contributed by atoms with Crippen LogP contribution < -0.4 is 14.5 Å². The Balaban J connectivity index is 1.55. The molecule has 3 rings (SSSR count). The molecule has 8 nitrogen and oxygen atoms in total. The van der Waals surface area contributed by atoms with Gasteiger partial charge in [-0.2, -0.15) is 18.4 Å². The Morgan fingerprint density at radius 3 is 2.15 bits per heavy atom. The summed E-state index contributed by atoms with van der Waals surface area (Å²) in [6.07, 6.45) is -1.68. The first-order valence-corrected chi connectivity index (χ1v) is 13.6. The second-order valence-electron chi connectivity index (χ2n) is 9.78. The van der Waals surface area contributed by atoms with Crippen molar-refractivity contribution in [3.8, 4) is 11.8 Å². The number of methoxy groups -OCH3 is 1. The molecule has 1 fully saturated rings. The zero-order chi connectivity index (χ0) is 30.0. The molecule has 1 saturated heterocycles. The van der Waals surface area contributed by atoms with E-state index in [0.717, 1.165) is 42.9 Å². The van der Waals surface area contributed by atoms with E-state index in [-0.39, 0.29) is 10.8 Å². The maximum Gasteiger partial charge on any atom is 0.417 e. The molecule has 0 N–H and O–H groups in total. The minimum Gasteiger partial charge on any atom is -0.491 e. The summed E-state index contributed by atoms with van der Waals surface area (Å²) in [7, 11) is 1.69. The van der Waals surface area contributed by atoms with E-state index in [1.807, 2.05) is 0 Å². The van der Waals surface area contributed by atoms with Gasteiger partial charge in [0.15, 0.2) is 5.11 Å². The molecule has 0 saturated carbocycles. The van der Waals surface area contributed by atoms with Crippen molar-refractivity contribution in [2.75, 3.05) is 56.6 Å². The number of amides is 1. The van der Waals surface area contributed by atoms with Gasteiger partial charge in [-0.3, -0.25) is 9.69 Å². The molecule has 0 unspecified atom stereocenters. The van der Waals surface area contributed by atoms with Crippen molar-refractivity contribution >= 4 is 34.6 Å². The number of ether oxygens (including phenoxy) is 4. The van der Waals surface area contributed by atoms with Crippen molar-refractivity contribution in [3.05, 3.63) is 53.6 Å². The van der Waals surface area contributed by atoms with Crippen molar-refractivity contribution < 1.29 is 36.9 Å². The van der Waals surface area contributed by atoms with Crippen molar-refractivity contribution in [1.29, 1.82) is 5.26 Å². The lowest BCUT2D eigenvalue weighted by atomic mass is 10.0. The molecule has 1 amide bonds. The SMILES string of the molecule is COCCCCCOCCOCCOc1ccc(N2C(=S)N(c3ccc(C#N)c(C(F)(F)F)c3)C(=O)C2(C)C)cc1. The maximum atomic E-state index is 13.5. The fourth-order valence-corrected chi connectivity index (χ4v) is 4.84. The highest BCUT2D eigenvalue weighted by Gasteiger charge is 2.50. The molecule has 0 atom stereocenters. The van der Waals surface area contributed by atoms with Gasteiger partial charge in [0.25, 0.3) is 5.91 Å². The molecular formula is C29H34F3N3O5S. The number of carbonyl (C=O) groups is 1. The topological polar surface area (TPSA) is 84.3 Å². The number of hydrogen-bond donors (Lipinski definition) is 0. The minimum absolute atomic E-state index is 0.0251. The Kier molecular flexibility index (Phi) is 11.5. The number of rotatable bonds is 15. The third kappa shape index (κ3) is 8.16. The van der Waals surface area contributed by atoms with Gasteiger partial charge in [-0.15, -0.1) is 0 Å². The highest BCUT2D eigenvalue weighted by molar-refractivity contribution is 7.81. The van der Waals surface area contributed by atoms with Gasteiger partial charge in [-0.25, -0.2) is 0 Å². The molecule has 0 radical (unpaired) electrons. The number of alkyl halides is 3.